The minimum absolute atomic E-state index is 0. The summed E-state index contributed by atoms with van der Waals surface area (Å²) in [5, 5.41) is 9.18. The molecule has 1 aliphatic heterocycles. The molecule has 2 N–H and O–H groups in total. The molecule has 0 bridgehead atoms. The van der Waals surface area contributed by atoms with E-state index in [2.05, 4.69) is 47.0 Å². The summed E-state index contributed by atoms with van der Waals surface area (Å²) in [5.41, 5.74) is -0.323. The maximum Gasteiger partial charge on any atom is 0.230 e. The van der Waals surface area contributed by atoms with Crippen LogP contribution in [-0.4, -0.2) is 69.0 Å². The van der Waals surface area contributed by atoms with E-state index in [-0.39, 0.29) is 35.3 Å². The van der Waals surface area contributed by atoms with Gasteiger partial charge in [-0.2, -0.15) is 0 Å². The second-order valence-corrected chi connectivity index (χ2v) is 10.1. The summed E-state index contributed by atoms with van der Waals surface area (Å²) in [6, 6.07) is 4.88. The third-order valence-corrected chi connectivity index (χ3v) is 7.62. The SMILES string of the molecule is CCNC(=NCC1(C(=O)N(C)C)CCCC1)NCC1CCCN(C)C1c1cccs1.I. The van der Waals surface area contributed by atoms with Crippen LogP contribution in [0.3, 0.4) is 0 Å². The van der Waals surface area contributed by atoms with Crippen LogP contribution in [0.25, 0.3) is 0 Å². The Balaban J connectivity index is 0.00000341. The topological polar surface area (TPSA) is 60.0 Å². The lowest BCUT2D eigenvalue weighted by Crippen LogP contribution is -2.46. The van der Waals surface area contributed by atoms with Gasteiger partial charge in [0.25, 0.3) is 0 Å². The van der Waals surface area contributed by atoms with Crippen LogP contribution in [-0.2, 0) is 4.79 Å². The van der Waals surface area contributed by atoms with Crippen molar-refractivity contribution in [3.8, 4) is 0 Å². The summed E-state index contributed by atoms with van der Waals surface area (Å²) in [7, 11) is 5.96. The van der Waals surface area contributed by atoms with E-state index in [0.717, 1.165) is 51.3 Å². The van der Waals surface area contributed by atoms with Crippen LogP contribution in [0.15, 0.2) is 22.5 Å². The molecule has 31 heavy (non-hydrogen) atoms. The van der Waals surface area contributed by atoms with E-state index in [9.17, 15) is 4.79 Å². The van der Waals surface area contributed by atoms with E-state index in [1.165, 1.54) is 17.7 Å². The molecule has 2 heterocycles. The van der Waals surface area contributed by atoms with Gasteiger partial charge in [0.1, 0.15) is 0 Å². The van der Waals surface area contributed by atoms with E-state index < -0.39 is 0 Å². The summed E-state index contributed by atoms with van der Waals surface area (Å²) in [5.74, 6) is 1.62. The van der Waals surface area contributed by atoms with Gasteiger partial charge in [-0.05, 0) is 63.6 Å². The first kappa shape index (κ1) is 26.4. The number of nitrogens with one attached hydrogen (secondary N) is 2. The van der Waals surface area contributed by atoms with Gasteiger partial charge in [-0.15, -0.1) is 35.3 Å². The molecule has 0 spiro atoms. The lowest BCUT2D eigenvalue weighted by atomic mass is 9.85. The van der Waals surface area contributed by atoms with Crippen molar-refractivity contribution in [1.29, 1.82) is 0 Å². The summed E-state index contributed by atoms with van der Waals surface area (Å²) < 4.78 is 0. The number of hydrogen-bond acceptors (Lipinski definition) is 4. The second kappa shape index (κ2) is 12.4. The van der Waals surface area contributed by atoms with Gasteiger partial charge in [-0.1, -0.05) is 18.9 Å². The molecule has 1 aromatic heterocycles. The fourth-order valence-electron chi connectivity index (χ4n) is 5.15. The maximum atomic E-state index is 12.9. The number of likely N-dealkylation sites (tertiary alicyclic amines) is 1. The summed E-state index contributed by atoms with van der Waals surface area (Å²) in [6.45, 7) is 5.53. The number of thiophene rings is 1. The Morgan fingerprint density at radius 3 is 2.65 bits per heavy atom. The number of hydrogen-bond donors (Lipinski definition) is 2. The molecule has 176 valence electrons. The molecule has 1 aliphatic carbocycles. The second-order valence-electron chi connectivity index (χ2n) is 9.11. The monoisotopic (exact) mass is 561 g/mol. The van der Waals surface area contributed by atoms with Crippen LogP contribution in [0.5, 0.6) is 0 Å². The van der Waals surface area contributed by atoms with Crippen molar-refractivity contribution in [2.45, 2.75) is 51.5 Å². The highest BCUT2D eigenvalue weighted by Crippen LogP contribution is 2.40. The third kappa shape index (κ3) is 6.57. The Morgan fingerprint density at radius 1 is 1.29 bits per heavy atom. The number of rotatable bonds is 7. The number of aliphatic imine (C=N–C) groups is 1. The van der Waals surface area contributed by atoms with Crippen molar-refractivity contribution in [3.05, 3.63) is 22.4 Å². The Kier molecular flexibility index (Phi) is 10.5. The number of carbonyl (C=O) groups is 1. The highest BCUT2D eigenvalue weighted by atomic mass is 127. The van der Waals surface area contributed by atoms with Gasteiger partial charge in [0.15, 0.2) is 5.96 Å². The highest BCUT2D eigenvalue weighted by molar-refractivity contribution is 14.0. The van der Waals surface area contributed by atoms with Crippen molar-refractivity contribution in [3.63, 3.8) is 0 Å². The smallest absolute Gasteiger partial charge is 0.230 e. The molecular formula is C23H40IN5OS. The van der Waals surface area contributed by atoms with Crippen molar-refractivity contribution >= 4 is 47.2 Å². The van der Waals surface area contributed by atoms with Gasteiger partial charge >= 0.3 is 0 Å². The molecule has 2 aliphatic rings. The average Bonchev–Trinajstić information content (AvgIpc) is 3.42. The summed E-state index contributed by atoms with van der Waals surface area (Å²) in [4.78, 5) is 23.4. The zero-order valence-electron chi connectivity index (χ0n) is 19.5. The van der Waals surface area contributed by atoms with Crippen molar-refractivity contribution in [2.24, 2.45) is 16.3 Å². The predicted octanol–water partition coefficient (Wildman–Crippen LogP) is 3.95. The number of piperidine rings is 1. The minimum Gasteiger partial charge on any atom is -0.357 e. The molecule has 3 rings (SSSR count). The van der Waals surface area contributed by atoms with Crippen molar-refractivity contribution in [2.75, 3.05) is 47.3 Å². The normalized spacial score (nSPS) is 23.8. The van der Waals surface area contributed by atoms with Gasteiger partial charge in [0, 0.05) is 38.1 Å². The van der Waals surface area contributed by atoms with Gasteiger partial charge in [0.05, 0.1) is 12.0 Å². The highest BCUT2D eigenvalue weighted by Gasteiger charge is 2.42. The van der Waals surface area contributed by atoms with Crippen LogP contribution in [0, 0.1) is 11.3 Å². The largest absolute Gasteiger partial charge is 0.357 e. The maximum absolute atomic E-state index is 12.9. The van der Waals surface area contributed by atoms with E-state index in [1.54, 1.807) is 4.90 Å². The molecule has 0 aromatic carbocycles. The summed E-state index contributed by atoms with van der Waals surface area (Å²) in [6.07, 6.45) is 6.59. The molecule has 2 atom stereocenters. The van der Waals surface area contributed by atoms with Crippen LogP contribution < -0.4 is 10.6 Å². The van der Waals surface area contributed by atoms with Gasteiger partial charge < -0.3 is 15.5 Å². The van der Waals surface area contributed by atoms with Gasteiger partial charge in [0.2, 0.25) is 5.91 Å². The van der Waals surface area contributed by atoms with E-state index in [0.29, 0.717) is 18.5 Å². The lowest BCUT2D eigenvalue weighted by Gasteiger charge is -2.39. The molecule has 8 heteroatoms. The van der Waals surface area contributed by atoms with Crippen LogP contribution in [0.4, 0.5) is 0 Å². The Hall–Kier alpha value is -0.870. The Labute approximate surface area is 209 Å². The van der Waals surface area contributed by atoms with Crippen LogP contribution >= 0.6 is 35.3 Å². The van der Waals surface area contributed by atoms with Crippen molar-refractivity contribution < 1.29 is 4.79 Å². The fraction of sp³-hybridized carbons (Fsp3) is 0.739. The molecule has 1 saturated carbocycles. The van der Waals surface area contributed by atoms with Gasteiger partial charge in [-0.3, -0.25) is 14.7 Å². The quantitative estimate of drug-likeness (QED) is 0.301. The molecular weight excluding hydrogens is 521 g/mol. The first-order valence-electron chi connectivity index (χ1n) is 11.4. The standard InChI is InChI=1S/C23H39N5OS.HI/c1-5-24-22(26-17-23(12-6-7-13-23)21(29)27(2)3)25-16-18-10-8-14-28(4)20(18)19-11-9-15-30-19;/h9,11,15,18,20H,5-8,10,12-14,16-17H2,1-4H3,(H2,24,25,26);1H. The molecule has 2 fully saturated rings. The number of halogens is 1. The Morgan fingerprint density at radius 2 is 2.03 bits per heavy atom. The fourth-order valence-corrected chi connectivity index (χ4v) is 6.13. The zero-order chi connectivity index (χ0) is 21.6. The first-order valence-corrected chi connectivity index (χ1v) is 12.3. The summed E-state index contributed by atoms with van der Waals surface area (Å²) >= 11 is 1.86. The number of amides is 1. The molecule has 2 unspecified atom stereocenters. The van der Waals surface area contributed by atoms with E-state index in [4.69, 9.17) is 4.99 Å². The number of nitrogens with zero attached hydrogens (tertiary/aromatic N) is 3. The number of carbonyl (C=O) groups excluding carboxylic acids is 1. The van der Waals surface area contributed by atoms with Gasteiger partial charge in [-0.25, -0.2) is 0 Å². The zero-order valence-corrected chi connectivity index (χ0v) is 22.7. The van der Waals surface area contributed by atoms with Crippen molar-refractivity contribution in [1.82, 2.24) is 20.4 Å². The number of guanidine groups is 1. The van der Waals surface area contributed by atoms with E-state index in [1.807, 2.05) is 25.4 Å². The van der Waals surface area contributed by atoms with E-state index >= 15 is 0 Å². The average molecular weight is 562 g/mol. The van der Waals surface area contributed by atoms with Crippen LogP contribution in [0.2, 0.25) is 0 Å². The molecule has 0 radical (unpaired) electrons. The Bertz CT molecular complexity index is 703. The van der Waals surface area contributed by atoms with Crippen LogP contribution in [0.1, 0.15) is 56.4 Å². The minimum atomic E-state index is -0.323. The lowest BCUT2D eigenvalue weighted by molar-refractivity contribution is -0.138. The molecule has 1 aromatic rings. The predicted molar refractivity (Wildman–Crippen MR) is 141 cm³/mol. The molecule has 6 nitrogen and oxygen atoms in total. The first-order chi connectivity index (χ1) is 14.5. The third-order valence-electron chi connectivity index (χ3n) is 6.68. The molecule has 1 saturated heterocycles. The molecule has 1 amide bonds.